The molecule has 0 fully saturated rings. The average Bonchev–Trinajstić information content (AvgIpc) is 3.02. The third-order valence-electron chi connectivity index (χ3n) is 8.92. The number of nitrogens with one attached hydrogen (secondary N) is 1. The van der Waals surface area contributed by atoms with Crippen LogP contribution in [0.15, 0.2) is 17.3 Å². The van der Waals surface area contributed by atoms with Crippen molar-refractivity contribution in [2.45, 2.75) is 218 Å². The zero-order valence-corrected chi connectivity index (χ0v) is 29.3. The molecule has 6 nitrogen and oxygen atoms in total. The Bertz CT molecular complexity index is 642. The van der Waals surface area contributed by atoms with Crippen molar-refractivity contribution in [1.82, 2.24) is 5.32 Å². The molecule has 3 unspecified atom stereocenters. The lowest BCUT2D eigenvalue weighted by atomic mass is 10.0. The van der Waals surface area contributed by atoms with Crippen molar-refractivity contribution in [1.29, 1.82) is 0 Å². The molecular formula is C38H74N2O4. The lowest BCUT2D eigenvalue weighted by molar-refractivity contribution is -0.122. The molecule has 260 valence electrons. The molecule has 44 heavy (non-hydrogen) atoms. The molecule has 0 aromatic carbocycles. The predicted octanol–water partition coefficient (Wildman–Crippen LogP) is 10.9. The van der Waals surface area contributed by atoms with Gasteiger partial charge in [-0.15, -0.1) is 0 Å². The molecule has 0 heterocycles. The van der Waals surface area contributed by atoms with Gasteiger partial charge in [0.05, 0.1) is 18.2 Å². The Kier molecular flexibility index (Phi) is 33.6. The zero-order valence-electron chi connectivity index (χ0n) is 29.3. The standard InChI is InChI=1S/C38H74N2O4/c1-3-5-7-9-11-13-15-16-17-18-19-20-21-23-25-27-29-31-38(43)40-36(34-39-44)37(42)33-32-35(41)30-28-26-24-22-14-12-10-8-6-4-2/h32-33,35-37,41-42H,3-31,34H2,1-2H3,(H,40,43)/b33-32+. The highest BCUT2D eigenvalue weighted by molar-refractivity contribution is 5.76. The number of hydrogen-bond donors (Lipinski definition) is 3. The van der Waals surface area contributed by atoms with Crippen LogP contribution in [0, 0.1) is 4.91 Å². The summed E-state index contributed by atoms with van der Waals surface area (Å²) in [5.41, 5.74) is 0. The molecule has 0 aliphatic carbocycles. The van der Waals surface area contributed by atoms with Crippen LogP contribution in [-0.4, -0.2) is 40.9 Å². The third-order valence-corrected chi connectivity index (χ3v) is 8.92. The highest BCUT2D eigenvalue weighted by atomic mass is 16.3. The highest BCUT2D eigenvalue weighted by Crippen LogP contribution is 2.15. The number of aliphatic hydroxyl groups excluding tert-OH is 2. The molecule has 0 spiro atoms. The van der Waals surface area contributed by atoms with Crippen molar-refractivity contribution in [3.63, 3.8) is 0 Å². The number of amides is 1. The fourth-order valence-corrected chi connectivity index (χ4v) is 5.92. The Morgan fingerprint density at radius 2 is 0.932 bits per heavy atom. The number of nitrogens with zero attached hydrogens (tertiary/aromatic N) is 1. The van der Waals surface area contributed by atoms with Gasteiger partial charge in [0.2, 0.25) is 5.91 Å². The van der Waals surface area contributed by atoms with Crippen molar-refractivity contribution < 1.29 is 15.0 Å². The van der Waals surface area contributed by atoms with Crippen LogP contribution in [0.1, 0.15) is 200 Å². The van der Waals surface area contributed by atoms with Gasteiger partial charge in [-0.1, -0.05) is 198 Å². The maximum Gasteiger partial charge on any atom is 0.220 e. The number of carbonyl (C=O) groups excluding carboxylic acids is 1. The van der Waals surface area contributed by atoms with Crippen LogP contribution in [0.5, 0.6) is 0 Å². The van der Waals surface area contributed by atoms with E-state index in [9.17, 15) is 19.9 Å². The van der Waals surface area contributed by atoms with E-state index in [1.54, 1.807) is 6.08 Å². The van der Waals surface area contributed by atoms with E-state index in [1.807, 2.05) is 0 Å². The number of rotatable bonds is 35. The molecule has 0 radical (unpaired) electrons. The van der Waals surface area contributed by atoms with E-state index in [4.69, 9.17) is 0 Å². The Hall–Kier alpha value is -1.27. The summed E-state index contributed by atoms with van der Waals surface area (Å²) in [6, 6.07) is -0.758. The van der Waals surface area contributed by atoms with Crippen LogP contribution in [0.2, 0.25) is 0 Å². The number of aliphatic hydroxyl groups is 2. The first kappa shape index (κ1) is 42.7. The summed E-state index contributed by atoms with van der Waals surface area (Å²) >= 11 is 0. The summed E-state index contributed by atoms with van der Waals surface area (Å²) in [6.45, 7) is 4.33. The summed E-state index contributed by atoms with van der Waals surface area (Å²) in [5, 5.41) is 26.4. The summed E-state index contributed by atoms with van der Waals surface area (Å²) in [7, 11) is 0. The Balaban J connectivity index is 3.80. The lowest BCUT2D eigenvalue weighted by Gasteiger charge is -2.19. The molecule has 3 N–H and O–H groups in total. The fourth-order valence-electron chi connectivity index (χ4n) is 5.92. The molecule has 0 aliphatic heterocycles. The topological polar surface area (TPSA) is 99.0 Å². The fraction of sp³-hybridized carbons (Fsp3) is 0.921. The van der Waals surface area contributed by atoms with E-state index >= 15 is 0 Å². The summed E-state index contributed by atoms with van der Waals surface area (Å²) in [4.78, 5) is 23.3. The minimum atomic E-state index is -1.05. The summed E-state index contributed by atoms with van der Waals surface area (Å²) < 4.78 is 0. The van der Waals surface area contributed by atoms with Crippen LogP contribution in [-0.2, 0) is 4.79 Å². The first-order chi connectivity index (χ1) is 21.5. The molecule has 1 amide bonds. The second-order valence-corrected chi connectivity index (χ2v) is 13.3. The Labute approximate surface area is 273 Å². The van der Waals surface area contributed by atoms with E-state index in [-0.39, 0.29) is 12.5 Å². The molecule has 0 saturated heterocycles. The molecule has 0 bridgehead atoms. The molecule has 0 aromatic heterocycles. The monoisotopic (exact) mass is 623 g/mol. The smallest absolute Gasteiger partial charge is 0.220 e. The minimum absolute atomic E-state index is 0.155. The number of carbonyl (C=O) groups is 1. The van der Waals surface area contributed by atoms with Gasteiger partial charge in [0.1, 0.15) is 6.54 Å². The van der Waals surface area contributed by atoms with Gasteiger partial charge in [-0.2, -0.15) is 4.91 Å². The maximum absolute atomic E-state index is 12.4. The van der Waals surface area contributed by atoms with Crippen LogP contribution >= 0.6 is 0 Å². The van der Waals surface area contributed by atoms with Crippen molar-refractivity contribution in [3.05, 3.63) is 17.1 Å². The molecule has 3 atom stereocenters. The summed E-state index contributed by atoms with van der Waals surface area (Å²) in [6.07, 6.45) is 37.0. The van der Waals surface area contributed by atoms with Crippen molar-refractivity contribution in [3.8, 4) is 0 Å². The second-order valence-electron chi connectivity index (χ2n) is 13.3. The largest absolute Gasteiger partial charge is 0.389 e. The van der Waals surface area contributed by atoms with E-state index in [1.165, 1.54) is 147 Å². The number of nitroso groups, excluding NO2 is 1. The van der Waals surface area contributed by atoms with Crippen LogP contribution in [0.4, 0.5) is 0 Å². The number of unbranched alkanes of at least 4 members (excludes halogenated alkanes) is 25. The van der Waals surface area contributed by atoms with Gasteiger partial charge in [-0.25, -0.2) is 0 Å². The van der Waals surface area contributed by atoms with Crippen molar-refractivity contribution >= 4 is 5.91 Å². The highest BCUT2D eigenvalue weighted by Gasteiger charge is 2.19. The van der Waals surface area contributed by atoms with Gasteiger partial charge >= 0.3 is 0 Å². The first-order valence-electron chi connectivity index (χ1n) is 19.2. The Morgan fingerprint density at radius 1 is 0.568 bits per heavy atom. The van der Waals surface area contributed by atoms with E-state index in [0.717, 1.165) is 32.1 Å². The summed E-state index contributed by atoms with van der Waals surface area (Å²) in [5.74, 6) is -0.155. The van der Waals surface area contributed by atoms with Crippen molar-refractivity contribution in [2.75, 3.05) is 6.54 Å². The van der Waals surface area contributed by atoms with E-state index in [0.29, 0.717) is 12.8 Å². The predicted molar refractivity (Wildman–Crippen MR) is 189 cm³/mol. The molecule has 6 heteroatoms. The van der Waals surface area contributed by atoms with Gasteiger partial charge < -0.3 is 15.5 Å². The lowest BCUT2D eigenvalue weighted by Crippen LogP contribution is -2.44. The number of hydrogen-bond acceptors (Lipinski definition) is 5. The third kappa shape index (κ3) is 30.7. The quantitative estimate of drug-likeness (QED) is 0.0372. The van der Waals surface area contributed by atoms with E-state index in [2.05, 4.69) is 24.3 Å². The Morgan fingerprint density at radius 3 is 1.32 bits per heavy atom. The molecule has 0 rings (SSSR count). The normalized spacial score (nSPS) is 13.7. The molecule has 0 aromatic rings. The first-order valence-corrected chi connectivity index (χ1v) is 19.2. The molecule has 0 aliphatic rings. The maximum atomic E-state index is 12.4. The van der Waals surface area contributed by atoms with Crippen molar-refractivity contribution in [2.24, 2.45) is 5.18 Å². The van der Waals surface area contributed by atoms with Gasteiger partial charge in [-0.3, -0.25) is 4.79 Å². The van der Waals surface area contributed by atoms with Gasteiger partial charge in [0.25, 0.3) is 0 Å². The van der Waals surface area contributed by atoms with Crippen LogP contribution in [0.25, 0.3) is 0 Å². The van der Waals surface area contributed by atoms with E-state index < -0.39 is 18.2 Å². The minimum Gasteiger partial charge on any atom is -0.389 e. The van der Waals surface area contributed by atoms with Crippen LogP contribution in [0.3, 0.4) is 0 Å². The molecule has 0 saturated carbocycles. The zero-order chi connectivity index (χ0) is 32.4. The van der Waals surface area contributed by atoms with Gasteiger partial charge in [0, 0.05) is 6.42 Å². The average molecular weight is 623 g/mol. The van der Waals surface area contributed by atoms with Gasteiger partial charge in [0.15, 0.2) is 0 Å². The molecular weight excluding hydrogens is 548 g/mol. The SMILES string of the molecule is CCCCCCCCCCCCCCCCCCCC(=O)NC(CN=O)C(O)/C=C/C(O)CCCCCCCCCCCC. The van der Waals surface area contributed by atoms with Crippen LogP contribution < -0.4 is 5.32 Å². The second kappa shape index (κ2) is 34.6. The van der Waals surface area contributed by atoms with Gasteiger partial charge in [-0.05, 0) is 12.8 Å².